The molecule has 11 heteroatoms. The van der Waals surface area contributed by atoms with Gasteiger partial charge in [-0.25, -0.2) is 18.4 Å². The third-order valence-corrected chi connectivity index (χ3v) is 7.15. The monoisotopic (exact) mass is 446 g/mol. The normalized spacial score (nSPS) is 15.0. The van der Waals surface area contributed by atoms with Gasteiger partial charge in [0.2, 0.25) is 15.9 Å². The second-order valence-corrected chi connectivity index (χ2v) is 9.54. The van der Waals surface area contributed by atoms with Crippen LogP contribution in [0.3, 0.4) is 0 Å². The van der Waals surface area contributed by atoms with Gasteiger partial charge in [0, 0.05) is 25.5 Å². The lowest BCUT2D eigenvalue weighted by atomic mass is 10.4. The van der Waals surface area contributed by atoms with Crippen molar-refractivity contribution >= 4 is 56.7 Å². The van der Waals surface area contributed by atoms with E-state index in [0.29, 0.717) is 23.1 Å². The zero-order chi connectivity index (χ0) is 19.4. The fourth-order valence-corrected chi connectivity index (χ4v) is 5.03. The summed E-state index contributed by atoms with van der Waals surface area (Å²) in [6.07, 6.45) is 4.47. The standard InChI is InChI=1S/C16H16Cl2N4O3S2/c17-11-7-13(18)16(20-8-11)21-14(23)10-26-15-4-3-12(9-19-15)27(24,25)22-5-1-2-6-22/h3-4,7-9H,1-2,5-6,10H2,(H,20,21,23). The van der Waals surface area contributed by atoms with E-state index in [9.17, 15) is 13.2 Å². The molecule has 2 aromatic rings. The number of pyridine rings is 2. The zero-order valence-corrected chi connectivity index (χ0v) is 17.2. The summed E-state index contributed by atoms with van der Waals surface area (Å²) in [5.74, 6) is -0.00903. The quantitative estimate of drug-likeness (QED) is 0.684. The highest BCUT2D eigenvalue weighted by Crippen LogP contribution is 2.24. The highest BCUT2D eigenvalue weighted by molar-refractivity contribution is 7.99. The maximum Gasteiger partial charge on any atom is 0.244 e. The average molecular weight is 447 g/mol. The second kappa shape index (κ2) is 8.74. The summed E-state index contributed by atoms with van der Waals surface area (Å²) in [5, 5.41) is 3.75. The van der Waals surface area contributed by atoms with Crippen LogP contribution in [0.2, 0.25) is 10.0 Å². The first-order chi connectivity index (χ1) is 12.9. The minimum atomic E-state index is -3.49. The van der Waals surface area contributed by atoms with E-state index in [0.717, 1.165) is 12.8 Å². The summed E-state index contributed by atoms with van der Waals surface area (Å²) in [4.78, 5) is 20.3. The highest BCUT2D eigenvalue weighted by atomic mass is 35.5. The Morgan fingerprint density at radius 3 is 2.56 bits per heavy atom. The first kappa shape index (κ1) is 20.3. The van der Waals surface area contributed by atoms with Crippen LogP contribution in [-0.2, 0) is 14.8 Å². The maximum absolute atomic E-state index is 12.5. The van der Waals surface area contributed by atoms with E-state index in [2.05, 4.69) is 15.3 Å². The predicted octanol–water partition coefficient (Wildman–Crippen LogP) is 3.30. The molecule has 0 aliphatic carbocycles. The fraction of sp³-hybridized carbons (Fsp3) is 0.312. The molecule has 0 unspecified atom stereocenters. The Kier molecular flexibility index (Phi) is 6.59. The van der Waals surface area contributed by atoms with Crippen molar-refractivity contribution in [2.24, 2.45) is 0 Å². The topological polar surface area (TPSA) is 92.3 Å². The van der Waals surface area contributed by atoms with Crippen LogP contribution < -0.4 is 5.32 Å². The van der Waals surface area contributed by atoms with Gasteiger partial charge >= 0.3 is 0 Å². The van der Waals surface area contributed by atoms with Crippen molar-refractivity contribution in [2.75, 3.05) is 24.2 Å². The number of hydrogen-bond donors (Lipinski definition) is 1. The Morgan fingerprint density at radius 1 is 1.19 bits per heavy atom. The molecule has 0 spiro atoms. The van der Waals surface area contributed by atoms with Crippen molar-refractivity contribution in [1.82, 2.24) is 14.3 Å². The lowest BCUT2D eigenvalue weighted by Crippen LogP contribution is -2.27. The number of halogens is 2. The van der Waals surface area contributed by atoms with Gasteiger partial charge in [-0.05, 0) is 31.0 Å². The summed E-state index contributed by atoms with van der Waals surface area (Å²) in [7, 11) is -3.49. The number of amides is 1. The molecular weight excluding hydrogens is 431 g/mol. The lowest BCUT2D eigenvalue weighted by Gasteiger charge is -2.15. The van der Waals surface area contributed by atoms with Crippen LogP contribution in [0.1, 0.15) is 12.8 Å². The molecule has 1 N–H and O–H groups in total. The SMILES string of the molecule is O=C(CSc1ccc(S(=O)(=O)N2CCCC2)cn1)Nc1ncc(Cl)cc1Cl. The molecule has 1 saturated heterocycles. The highest BCUT2D eigenvalue weighted by Gasteiger charge is 2.27. The van der Waals surface area contributed by atoms with Crippen LogP contribution >= 0.6 is 35.0 Å². The van der Waals surface area contributed by atoms with Crippen LogP contribution in [-0.4, -0.2) is 47.4 Å². The molecule has 3 rings (SSSR count). The molecule has 1 aliphatic rings. The molecule has 2 aromatic heterocycles. The molecular formula is C16H16Cl2N4O3S2. The van der Waals surface area contributed by atoms with Crippen molar-refractivity contribution in [3.05, 3.63) is 40.6 Å². The van der Waals surface area contributed by atoms with E-state index in [1.165, 1.54) is 40.6 Å². The van der Waals surface area contributed by atoms with Crippen molar-refractivity contribution in [3.63, 3.8) is 0 Å². The summed E-state index contributed by atoms with van der Waals surface area (Å²) < 4.78 is 26.4. The predicted molar refractivity (Wildman–Crippen MR) is 106 cm³/mol. The van der Waals surface area contributed by atoms with E-state index < -0.39 is 10.0 Å². The van der Waals surface area contributed by atoms with Gasteiger partial charge in [-0.2, -0.15) is 4.31 Å². The number of anilines is 1. The van der Waals surface area contributed by atoms with Gasteiger partial charge in [0.15, 0.2) is 5.82 Å². The number of carbonyl (C=O) groups is 1. The van der Waals surface area contributed by atoms with Crippen LogP contribution in [0.25, 0.3) is 0 Å². The molecule has 1 fully saturated rings. The summed E-state index contributed by atoms with van der Waals surface area (Å²) in [5.41, 5.74) is 0. The number of thioether (sulfide) groups is 1. The Bertz CT molecular complexity index is 933. The van der Waals surface area contributed by atoms with E-state index in [1.54, 1.807) is 6.07 Å². The third-order valence-electron chi connectivity index (χ3n) is 3.83. The molecule has 0 saturated carbocycles. The van der Waals surface area contributed by atoms with E-state index in [1.807, 2.05) is 0 Å². The van der Waals surface area contributed by atoms with Crippen molar-refractivity contribution in [3.8, 4) is 0 Å². The van der Waals surface area contributed by atoms with Gasteiger partial charge in [-0.3, -0.25) is 4.79 Å². The first-order valence-electron chi connectivity index (χ1n) is 8.06. The number of aromatic nitrogens is 2. The molecule has 144 valence electrons. The molecule has 0 aromatic carbocycles. The van der Waals surface area contributed by atoms with Crippen LogP contribution in [0.15, 0.2) is 40.5 Å². The summed E-state index contributed by atoms with van der Waals surface area (Å²) in [6, 6.07) is 4.59. The molecule has 1 amide bonds. The molecule has 0 radical (unpaired) electrons. The Balaban J connectivity index is 1.57. The van der Waals surface area contributed by atoms with Crippen molar-refractivity contribution in [2.45, 2.75) is 22.8 Å². The molecule has 0 atom stereocenters. The van der Waals surface area contributed by atoms with Crippen LogP contribution in [0, 0.1) is 0 Å². The summed E-state index contributed by atoms with van der Waals surface area (Å²) in [6.45, 7) is 1.08. The number of nitrogens with one attached hydrogen (secondary N) is 1. The Hall–Kier alpha value is -1.39. The molecule has 0 bridgehead atoms. The van der Waals surface area contributed by atoms with E-state index in [-0.39, 0.29) is 27.4 Å². The molecule has 27 heavy (non-hydrogen) atoms. The average Bonchev–Trinajstić information content (AvgIpc) is 3.18. The number of carbonyl (C=O) groups excluding carboxylic acids is 1. The largest absolute Gasteiger partial charge is 0.309 e. The number of nitrogens with zero attached hydrogens (tertiary/aromatic N) is 3. The van der Waals surface area contributed by atoms with Gasteiger partial charge < -0.3 is 5.32 Å². The minimum Gasteiger partial charge on any atom is -0.309 e. The van der Waals surface area contributed by atoms with Gasteiger partial charge in [0.1, 0.15) is 4.90 Å². The lowest BCUT2D eigenvalue weighted by molar-refractivity contribution is -0.113. The van der Waals surface area contributed by atoms with Gasteiger partial charge in [0.05, 0.1) is 20.8 Å². The molecule has 7 nitrogen and oxygen atoms in total. The first-order valence-corrected chi connectivity index (χ1v) is 11.2. The summed E-state index contributed by atoms with van der Waals surface area (Å²) >= 11 is 12.9. The zero-order valence-electron chi connectivity index (χ0n) is 14.1. The van der Waals surface area contributed by atoms with Crippen molar-refractivity contribution in [1.29, 1.82) is 0 Å². The van der Waals surface area contributed by atoms with Crippen LogP contribution in [0.4, 0.5) is 5.82 Å². The van der Waals surface area contributed by atoms with Gasteiger partial charge in [0.25, 0.3) is 0 Å². The maximum atomic E-state index is 12.5. The second-order valence-electron chi connectivity index (χ2n) is 5.76. The third kappa shape index (κ3) is 5.11. The van der Waals surface area contributed by atoms with Crippen molar-refractivity contribution < 1.29 is 13.2 Å². The Labute approximate surface area is 171 Å². The molecule has 3 heterocycles. The van der Waals surface area contributed by atoms with E-state index >= 15 is 0 Å². The van der Waals surface area contributed by atoms with Crippen LogP contribution in [0.5, 0.6) is 0 Å². The van der Waals surface area contributed by atoms with E-state index in [4.69, 9.17) is 23.2 Å². The number of hydrogen-bond acceptors (Lipinski definition) is 6. The molecule has 1 aliphatic heterocycles. The number of sulfonamides is 1. The van der Waals surface area contributed by atoms with Gasteiger partial charge in [-0.15, -0.1) is 0 Å². The minimum absolute atomic E-state index is 0.0753. The Morgan fingerprint density at radius 2 is 1.93 bits per heavy atom. The number of rotatable bonds is 6. The smallest absolute Gasteiger partial charge is 0.244 e. The van der Waals surface area contributed by atoms with Gasteiger partial charge in [-0.1, -0.05) is 35.0 Å². The fourth-order valence-electron chi connectivity index (χ4n) is 2.50.